The van der Waals surface area contributed by atoms with Gasteiger partial charge < -0.3 is 4.74 Å². The van der Waals surface area contributed by atoms with Crippen molar-refractivity contribution in [3.05, 3.63) is 101 Å². The second kappa shape index (κ2) is 8.75. The van der Waals surface area contributed by atoms with Crippen LogP contribution < -0.4 is 4.74 Å². The van der Waals surface area contributed by atoms with E-state index in [1.165, 1.54) is 24.1 Å². The normalized spacial score (nSPS) is 17.6. The van der Waals surface area contributed by atoms with Gasteiger partial charge in [-0.3, -0.25) is 9.69 Å². The lowest BCUT2D eigenvalue weighted by Gasteiger charge is -2.51. The van der Waals surface area contributed by atoms with Gasteiger partial charge in [-0.1, -0.05) is 67.6 Å². The first-order valence-corrected chi connectivity index (χ1v) is 11.7. The highest BCUT2D eigenvalue weighted by Crippen LogP contribution is 2.46. The lowest BCUT2D eigenvalue weighted by atomic mass is 9.79. The van der Waals surface area contributed by atoms with E-state index in [9.17, 15) is 9.18 Å². The number of hydrogen-bond donors (Lipinski definition) is 0. The van der Waals surface area contributed by atoms with Gasteiger partial charge in [-0.15, -0.1) is 0 Å². The maximum Gasteiger partial charge on any atom is 0.162 e. The summed E-state index contributed by atoms with van der Waals surface area (Å²) in [5.74, 6) is 0.248. The fraction of sp³-hybridized carbons (Fsp3) is 0.345. The van der Waals surface area contributed by atoms with Gasteiger partial charge in [0.25, 0.3) is 0 Å². The minimum absolute atomic E-state index is 0.0155. The van der Waals surface area contributed by atoms with Gasteiger partial charge in [0.15, 0.2) is 5.78 Å². The smallest absolute Gasteiger partial charge is 0.162 e. The Balaban J connectivity index is 1.31. The minimum atomic E-state index is -0.490. The number of Topliss-reactive ketones (excluding diaryl/α,β-unsaturated/α-hetero) is 1. The first-order valence-electron chi connectivity index (χ1n) is 11.7. The highest BCUT2D eigenvalue weighted by Gasteiger charge is 2.43. The molecule has 0 aromatic heterocycles. The van der Waals surface area contributed by atoms with Gasteiger partial charge in [0, 0.05) is 24.6 Å². The quantitative estimate of drug-likeness (QED) is 0.378. The van der Waals surface area contributed by atoms with Crippen molar-refractivity contribution in [1.82, 2.24) is 4.90 Å². The monoisotopic (exact) mass is 443 g/mol. The zero-order valence-corrected chi connectivity index (χ0v) is 19.3. The van der Waals surface area contributed by atoms with Crippen molar-refractivity contribution in [1.29, 1.82) is 0 Å². The van der Waals surface area contributed by atoms with Gasteiger partial charge in [-0.25, -0.2) is 4.39 Å². The molecule has 170 valence electrons. The van der Waals surface area contributed by atoms with E-state index in [0.29, 0.717) is 18.3 Å². The van der Waals surface area contributed by atoms with Crippen molar-refractivity contribution in [2.75, 3.05) is 19.7 Å². The summed E-state index contributed by atoms with van der Waals surface area (Å²) >= 11 is 0. The van der Waals surface area contributed by atoms with E-state index in [0.717, 1.165) is 31.5 Å². The Kier molecular flexibility index (Phi) is 5.79. The van der Waals surface area contributed by atoms with E-state index in [1.54, 1.807) is 6.07 Å². The van der Waals surface area contributed by atoms with Crippen molar-refractivity contribution in [2.45, 2.75) is 38.6 Å². The number of rotatable bonds is 8. The van der Waals surface area contributed by atoms with Gasteiger partial charge in [0.1, 0.15) is 11.6 Å². The summed E-state index contributed by atoms with van der Waals surface area (Å²) in [7, 11) is 0. The number of ether oxygens (including phenoxy) is 1. The Bertz CT molecular complexity index is 1100. The van der Waals surface area contributed by atoms with Crippen LogP contribution in [0.2, 0.25) is 0 Å². The molecule has 33 heavy (non-hydrogen) atoms. The summed E-state index contributed by atoms with van der Waals surface area (Å²) in [6.07, 6.45) is 2.14. The fourth-order valence-electron chi connectivity index (χ4n) is 5.02. The van der Waals surface area contributed by atoms with Crippen LogP contribution in [0.1, 0.15) is 65.7 Å². The molecule has 1 aliphatic carbocycles. The topological polar surface area (TPSA) is 29.5 Å². The average molecular weight is 444 g/mol. The molecule has 0 radical (unpaired) electrons. The zero-order chi connectivity index (χ0) is 23.0. The largest absolute Gasteiger partial charge is 0.493 e. The second-order valence-electron chi connectivity index (χ2n) is 9.93. The van der Waals surface area contributed by atoms with Crippen LogP contribution in [0.25, 0.3) is 0 Å². The highest BCUT2D eigenvalue weighted by molar-refractivity contribution is 5.94. The first kappa shape index (κ1) is 21.8. The number of nitrogens with zero attached hydrogens (tertiary/aromatic N) is 1. The summed E-state index contributed by atoms with van der Waals surface area (Å²) in [4.78, 5) is 14.3. The number of hydrogen-bond acceptors (Lipinski definition) is 3. The molecule has 0 amide bonds. The van der Waals surface area contributed by atoms with Gasteiger partial charge in [0.2, 0.25) is 0 Å². The van der Waals surface area contributed by atoms with Crippen LogP contribution in [0.4, 0.5) is 4.39 Å². The molecule has 1 aliphatic heterocycles. The predicted molar refractivity (Wildman–Crippen MR) is 128 cm³/mol. The van der Waals surface area contributed by atoms with Gasteiger partial charge >= 0.3 is 0 Å². The van der Waals surface area contributed by atoms with Crippen molar-refractivity contribution < 1.29 is 13.9 Å². The van der Waals surface area contributed by atoms with E-state index in [1.807, 2.05) is 12.1 Å². The van der Waals surface area contributed by atoms with Crippen LogP contribution in [-0.4, -0.2) is 30.4 Å². The molecule has 0 atom stereocenters. The molecule has 5 rings (SSSR count). The molecule has 2 fully saturated rings. The summed E-state index contributed by atoms with van der Waals surface area (Å²) < 4.78 is 20.7. The third-order valence-corrected chi connectivity index (χ3v) is 6.84. The Hall–Kier alpha value is -2.98. The van der Waals surface area contributed by atoms with Crippen LogP contribution in [0, 0.1) is 11.2 Å². The fourth-order valence-corrected chi connectivity index (χ4v) is 5.02. The molecule has 3 aromatic carbocycles. The molecule has 0 N–H and O–H groups in total. The number of carbonyl (C=O) groups is 1. The summed E-state index contributed by atoms with van der Waals surface area (Å²) in [5.41, 5.74) is 3.69. The van der Waals surface area contributed by atoms with E-state index >= 15 is 0 Å². The number of carbonyl (C=O) groups excluding carboxylic acids is 1. The van der Waals surface area contributed by atoms with Gasteiger partial charge in [-0.2, -0.15) is 0 Å². The van der Waals surface area contributed by atoms with E-state index in [-0.39, 0.29) is 22.8 Å². The van der Waals surface area contributed by atoms with Crippen LogP contribution >= 0.6 is 0 Å². The molecule has 2 aliphatic rings. The lowest BCUT2D eigenvalue weighted by Crippen LogP contribution is -2.58. The number of likely N-dealkylation sites (tertiary alicyclic amines) is 1. The SMILES string of the molecule is CC(=O)c1cc(C2CC2)c(OCC2(C)CN(C(c3ccccc3)c3ccccc3)C2)cc1F. The number of ketones is 1. The second-order valence-corrected chi connectivity index (χ2v) is 9.93. The van der Waals surface area contributed by atoms with Crippen LogP contribution in [-0.2, 0) is 0 Å². The Morgan fingerprint density at radius 2 is 1.61 bits per heavy atom. The van der Waals surface area contributed by atoms with Crippen molar-refractivity contribution in [3.63, 3.8) is 0 Å². The van der Waals surface area contributed by atoms with Crippen molar-refractivity contribution in [3.8, 4) is 5.75 Å². The van der Waals surface area contributed by atoms with Gasteiger partial charge in [0.05, 0.1) is 18.2 Å². The Morgan fingerprint density at radius 3 is 2.12 bits per heavy atom. The van der Waals surface area contributed by atoms with Crippen LogP contribution in [0.15, 0.2) is 72.8 Å². The van der Waals surface area contributed by atoms with Crippen molar-refractivity contribution >= 4 is 5.78 Å². The maximum atomic E-state index is 14.5. The van der Waals surface area contributed by atoms with Crippen LogP contribution in [0.5, 0.6) is 5.75 Å². The van der Waals surface area contributed by atoms with Crippen molar-refractivity contribution in [2.24, 2.45) is 5.41 Å². The van der Waals surface area contributed by atoms with Gasteiger partial charge in [-0.05, 0) is 48.4 Å². The number of halogens is 1. The Morgan fingerprint density at radius 1 is 1.03 bits per heavy atom. The minimum Gasteiger partial charge on any atom is -0.493 e. The molecule has 3 aromatic rings. The van der Waals surface area contributed by atoms with E-state index < -0.39 is 5.82 Å². The first-order chi connectivity index (χ1) is 15.9. The molecule has 0 spiro atoms. The zero-order valence-electron chi connectivity index (χ0n) is 19.3. The molecular weight excluding hydrogens is 413 g/mol. The molecule has 1 heterocycles. The maximum absolute atomic E-state index is 14.5. The third-order valence-electron chi connectivity index (χ3n) is 6.84. The van der Waals surface area contributed by atoms with E-state index in [2.05, 4.69) is 60.4 Å². The molecule has 0 bridgehead atoms. The summed E-state index contributed by atoms with van der Waals surface area (Å²) in [6, 6.07) is 24.5. The standard InChI is InChI=1S/C29H30FNO2/c1-20(32)24-15-25(21-13-14-21)27(16-26(24)30)33-19-29(2)17-31(18-29)28(22-9-5-3-6-10-22)23-11-7-4-8-12-23/h3-12,15-16,21,28H,13-14,17-19H2,1-2H3. The lowest BCUT2D eigenvalue weighted by molar-refractivity contribution is -0.0379. The van der Waals surface area contributed by atoms with E-state index in [4.69, 9.17) is 4.74 Å². The Labute approximate surface area is 195 Å². The summed E-state index contributed by atoms with van der Waals surface area (Å²) in [5, 5.41) is 0. The highest BCUT2D eigenvalue weighted by atomic mass is 19.1. The molecule has 1 saturated carbocycles. The third kappa shape index (κ3) is 4.58. The molecule has 4 heteroatoms. The average Bonchev–Trinajstić information content (AvgIpc) is 3.63. The molecular formula is C29H30FNO2. The van der Waals surface area contributed by atoms with Crippen LogP contribution in [0.3, 0.4) is 0 Å². The predicted octanol–water partition coefficient (Wildman–Crippen LogP) is 6.40. The number of benzene rings is 3. The molecule has 3 nitrogen and oxygen atoms in total. The summed E-state index contributed by atoms with van der Waals surface area (Å²) in [6.45, 7) is 5.96. The molecule has 1 saturated heterocycles. The molecule has 0 unspecified atom stereocenters.